The fourth-order valence-electron chi connectivity index (χ4n) is 3.47. The van der Waals surface area contributed by atoms with Crippen LogP contribution >= 0.6 is 0 Å². The molecule has 176 valence electrons. The highest BCUT2D eigenvalue weighted by Gasteiger charge is 2.43. The molecule has 2 aromatic heterocycles. The lowest BCUT2D eigenvalue weighted by Crippen LogP contribution is -2.64. The topological polar surface area (TPSA) is 149 Å². The zero-order chi connectivity index (χ0) is 23.6. The first-order valence-corrected chi connectivity index (χ1v) is 10.4. The largest absolute Gasteiger partial charge is 0.444 e. The van der Waals surface area contributed by atoms with Crippen molar-refractivity contribution >= 4 is 28.7 Å². The molecule has 0 saturated carbocycles. The van der Waals surface area contributed by atoms with Gasteiger partial charge in [-0.2, -0.15) is 0 Å². The van der Waals surface area contributed by atoms with Gasteiger partial charge in [0, 0.05) is 19.4 Å². The zero-order valence-electron chi connectivity index (χ0n) is 18.8. The molecule has 0 aliphatic carbocycles. The van der Waals surface area contributed by atoms with Crippen LogP contribution in [0.15, 0.2) is 24.5 Å². The van der Waals surface area contributed by atoms with E-state index in [1.165, 1.54) is 7.05 Å². The second-order valence-electron chi connectivity index (χ2n) is 8.91. The van der Waals surface area contributed by atoms with Crippen LogP contribution in [0.5, 0.6) is 0 Å². The Morgan fingerprint density at radius 1 is 1.28 bits per heavy atom. The SMILES string of the molecule is C[C@@H]1O[C@H](Nc2ccnc3cc[nH]c23)[C@H](O)[C@H](O)[C@H]1NC(=O)CN(C)C(=O)OC(C)(C)C. The monoisotopic (exact) mass is 449 g/mol. The highest BCUT2D eigenvalue weighted by Crippen LogP contribution is 2.26. The molecule has 0 aromatic carbocycles. The lowest BCUT2D eigenvalue weighted by atomic mass is 9.96. The number of fused-ring (bicyclic) bond motifs is 1. The maximum absolute atomic E-state index is 12.4. The number of H-pyrrole nitrogens is 1. The van der Waals surface area contributed by atoms with Gasteiger partial charge >= 0.3 is 6.09 Å². The Balaban J connectivity index is 1.60. The first kappa shape index (κ1) is 23.8. The summed E-state index contributed by atoms with van der Waals surface area (Å²) in [5.41, 5.74) is 1.46. The van der Waals surface area contributed by atoms with Crippen molar-refractivity contribution in [2.75, 3.05) is 18.9 Å². The van der Waals surface area contributed by atoms with E-state index in [0.717, 1.165) is 15.9 Å². The summed E-state index contributed by atoms with van der Waals surface area (Å²) < 4.78 is 11.1. The van der Waals surface area contributed by atoms with Crippen molar-refractivity contribution in [2.45, 2.75) is 63.9 Å². The van der Waals surface area contributed by atoms with Crippen LogP contribution < -0.4 is 10.6 Å². The fraction of sp³-hybridized carbons (Fsp3) is 0.571. The quantitative estimate of drug-likeness (QED) is 0.450. The smallest absolute Gasteiger partial charge is 0.410 e. The molecule has 1 fully saturated rings. The molecule has 0 unspecified atom stereocenters. The number of aliphatic hydroxyl groups excluding tert-OH is 2. The standard InChI is InChI=1S/C21H31N5O6/c1-11-15(25-14(27)10-26(5)20(30)32-21(2,3)4)17(28)18(29)19(31-11)24-13-7-8-22-12-6-9-23-16(12)13/h6-9,11,15,17-19,23,28-29H,10H2,1-5H3,(H,22,24)(H,25,27)/t11-,15-,17+,18+,19-/m0/s1. The molecular weight excluding hydrogens is 418 g/mol. The van der Waals surface area contributed by atoms with E-state index in [1.807, 2.05) is 6.07 Å². The van der Waals surface area contributed by atoms with Gasteiger partial charge in [-0.1, -0.05) is 0 Å². The number of rotatable bonds is 5. The van der Waals surface area contributed by atoms with E-state index in [0.29, 0.717) is 5.69 Å². The summed E-state index contributed by atoms with van der Waals surface area (Å²) in [6.07, 6.45) is -1.42. The molecule has 3 rings (SSSR count). The van der Waals surface area contributed by atoms with E-state index < -0.39 is 48.2 Å². The Hall–Kier alpha value is -2.89. The van der Waals surface area contributed by atoms with E-state index in [1.54, 1.807) is 46.2 Å². The first-order chi connectivity index (χ1) is 15.0. The molecular formula is C21H31N5O6. The number of aliphatic hydroxyl groups is 2. The molecule has 1 aliphatic rings. The minimum absolute atomic E-state index is 0.273. The number of ether oxygens (including phenoxy) is 2. The van der Waals surface area contributed by atoms with Crippen molar-refractivity contribution in [3.05, 3.63) is 24.5 Å². The number of carbonyl (C=O) groups is 2. The van der Waals surface area contributed by atoms with E-state index in [2.05, 4.69) is 20.6 Å². The minimum atomic E-state index is -1.32. The molecule has 3 heterocycles. The second kappa shape index (κ2) is 9.31. The summed E-state index contributed by atoms with van der Waals surface area (Å²) >= 11 is 0. The number of anilines is 1. The number of pyridine rings is 1. The number of aromatic amines is 1. The van der Waals surface area contributed by atoms with E-state index in [-0.39, 0.29) is 6.54 Å². The van der Waals surface area contributed by atoms with Gasteiger partial charge in [-0.15, -0.1) is 0 Å². The predicted octanol–water partition coefficient (Wildman–Crippen LogP) is 0.793. The Kier molecular flexibility index (Phi) is 6.91. The zero-order valence-corrected chi connectivity index (χ0v) is 18.8. The third-order valence-corrected chi connectivity index (χ3v) is 5.06. The van der Waals surface area contributed by atoms with Gasteiger partial charge in [0.2, 0.25) is 5.91 Å². The third kappa shape index (κ3) is 5.47. The van der Waals surface area contributed by atoms with Crippen LogP contribution in [0.3, 0.4) is 0 Å². The van der Waals surface area contributed by atoms with Crippen molar-refractivity contribution in [2.24, 2.45) is 0 Å². The Morgan fingerprint density at radius 3 is 2.69 bits per heavy atom. The summed E-state index contributed by atoms with van der Waals surface area (Å²) in [4.78, 5) is 32.9. The number of nitrogens with one attached hydrogen (secondary N) is 3. The maximum Gasteiger partial charge on any atom is 0.410 e. The van der Waals surface area contributed by atoms with Crippen molar-refractivity contribution < 1.29 is 29.3 Å². The van der Waals surface area contributed by atoms with E-state index in [4.69, 9.17) is 9.47 Å². The molecule has 11 heteroatoms. The van der Waals surface area contributed by atoms with Crippen LogP contribution in [0.25, 0.3) is 11.0 Å². The van der Waals surface area contributed by atoms with Crippen molar-refractivity contribution in [3.63, 3.8) is 0 Å². The van der Waals surface area contributed by atoms with Crippen LogP contribution in [0.2, 0.25) is 0 Å². The molecule has 2 aromatic rings. The lowest BCUT2D eigenvalue weighted by Gasteiger charge is -2.42. The van der Waals surface area contributed by atoms with Gasteiger partial charge in [-0.25, -0.2) is 4.79 Å². The van der Waals surface area contributed by atoms with Gasteiger partial charge in [0.1, 0.15) is 24.4 Å². The van der Waals surface area contributed by atoms with Gasteiger partial charge < -0.3 is 40.2 Å². The average molecular weight is 450 g/mol. The second-order valence-corrected chi connectivity index (χ2v) is 8.91. The summed E-state index contributed by atoms with van der Waals surface area (Å²) in [5, 5.41) is 27.0. The third-order valence-electron chi connectivity index (χ3n) is 5.06. The Labute approximate surface area is 186 Å². The van der Waals surface area contributed by atoms with Gasteiger partial charge in [0.15, 0.2) is 6.23 Å². The molecule has 11 nitrogen and oxygen atoms in total. The molecule has 1 saturated heterocycles. The fourth-order valence-corrected chi connectivity index (χ4v) is 3.47. The van der Waals surface area contributed by atoms with Crippen molar-refractivity contribution in [1.82, 2.24) is 20.2 Å². The van der Waals surface area contributed by atoms with E-state index >= 15 is 0 Å². The molecule has 0 bridgehead atoms. The van der Waals surface area contributed by atoms with Gasteiger partial charge in [-0.3, -0.25) is 9.78 Å². The average Bonchev–Trinajstić information content (AvgIpc) is 3.17. The van der Waals surface area contributed by atoms with Crippen LogP contribution in [0.4, 0.5) is 10.5 Å². The Bertz CT molecular complexity index is 958. The minimum Gasteiger partial charge on any atom is -0.444 e. The van der Waals surface area contributed by atoms with Gasteiger partial charge in [0.25, 0.3) is 0 Å². The molecule has 1 aliphatic heterocycles. The molecule has 5 N–H and O–H groups in total. The number of carbonyl (C=O) groups excluding carboxylic acids is 2. The van der Waals surface area contributed by atoms with Crippen LogP contribution in [-0.2, 0) is 14.3 Å². The first-order valence-electron chi connectivity index (χ1n) is 10.4. The van der Waals surface area contributed by atoms with Crippen molar-refractivity contribution in [3.8, 4) is 0 Å². The number of aromatic nitrogens is 2. The summed E-state index contributed by atoms with van der Waals surface area (Å²) in [6, 6.07) is 2.67. The van der Waals surface area contributed by atoms with E-state index in [9.17, 15) is 19.8 Å². The molecule has 0 radical (unpaired) electrons. The highest BCUT2D eigenvalue weighted by molar-refractivity contribution is 5.87. The number of nitrogens with zero attached hydrogens (tertiary/aromatic N) is 2. The van der Waals surface area contributed by atoms with Gasteiger partial charge in [0.05, 0.1) is 28.9 Å². The van der Waals surface area contributed by atoms with Crippen LogP contribution in [-0.4, -0.2) is 86.9 Å². The predicted molar refractivity (Wildman–Crippen MR) is 117 cm³/mol. The maximum atomic E-state index is 12.4. The number of hydrogen-bond donors (Lipinski definition) is 5. The number of hydrogen-bond acceptors (Lipinski definition) is 8. The summed E-state index contributed by atoms with van der Waals surface area (Å²) in [6.45, 7) is 6.60. The highest BCUT2D eigenvalue weighted by atomic mass is 16.6. The molecule has 2 amide bonds. The van der Waals surface area contributed by atoms with Gasteiger partial charge in [-0.05, 0) is 39.8 Å². The van der Waals surface area contributed by atoms with Crippen molar-refractivity contribution in [1.29, 1.82) is 0 Å². The molecule has 32 heavy (non-hydrogen) atoms. The summed E-state index contributed by atoms with van der Waals surface area (Å²) in [7, 11) is 1.44. The van der Waals surface area contributed by atoms with Crippen LogP contribution in [0.1, 0.15) is 27.7 Å². The normalized spacial score (nSPS) is 25.9. The number of amides is 2. The summed E-state index contributed by atoms with van der Waals surface area (Å²) in [5.74, 6) is -0.515. The van der Waals surface area contributed by atoms with Crippen LogP contribution in [0, 0.1) is 0 Å². The number of likely N-dealkylation sites (N-methyl/N-ethyl adjacent to an activating group) is 1. The Morgan fingerprint density at radius 2 is 2.00 bits per heavy atom. The lowest BCUT2D eigenvalue weighted by molar-refractivity contribution is -0.172. The molecule has 0 spiro atoms. The molecule has 5 atom stereocenters.